The Morgan fingerprint density at radius 2 is 2.31 bits per heavy atom. The zero-order valence-corrected chi connectivity index (χ0v) is 10.1. The van der Waals surface area contributed by atoms with Gasteiger partial charge in [-0.15, -0.1) is 23.1 Å². The van der Waals surface area contributed by atoms with E-state index in [0.29, 0.717) is 18.8 Å². The van der Waals surface area contributed by atoms with Crippen molar-refractivity contribution in [2.24, 2.45) is 5.92 Å². The summed E-state index contributed by atoms with van der Waals surface area (Å²) in [5.74, 6) is -0.756. The van der Waals surface area contributed by atoms with Crippen molar-refractivity contribution in [3.8, 4) is 0 Å². The standard InChI is InChI=1S/C10H11NO3S2/c12-8(6-16-9-2-1-3-15-9)11-4-7(5-11)10(13)14/h1-3,7H,4-6H2,(H,13,14). The van der Waals surface area contributed by atoms with Gasteiger partial charge >= 0.3 is 5.97 Å². The third kappa shape index (κ3) is 2.56. The summed E-state index contributed by atoms with van der Waals surface area (Å²) in [6.45, 7) is 0.721. The molecule has 0 bridgehead atoms. The first kappa shape index (κ1) is 11.5. The number of hydrogen-bond donors (Lipinski definition) is 1. The van der Waals surface area contributed by atoms with Crippen LogP contribution in [0.5, 0.6) is 0 Å². The van der Waals surface area contributed by atoms with Crippen LogP contribution in [-0.2, 0) is 9.59 Å². The van der Waals surface area contributed by atoms with Gasteiger partial charge in [0.2, 0.25) is 5.91 Å². The highest BCUT2D eigenvalue weighted by molar-refractivity contribution is 8.01. The number of likely N-dealkylation sites (tertiary alicyclic amines) is 1. The number of carboxylic acid groups (broad SMARTS) is 1. The van der Waals surface area contributed by atoms with Gasteiger partial charge in [0.1, 0.15) is 0 Å². The fourth-order valence-electron chi connectivity index (χ4n) is 1.41. The van der Waals surface area contributed by atoms with E-state index in [1.165, 1.54) is 11.8 Å². The molecular weight excluding hydrogens is 246 g/mol. The van der Waals surface area contributed by atoms with Gasteiger partial charge in [-0.2, -0.15) is 0 Å². The summed E-state index contributed by atoms with van der Waals surface area (Å²) in [5, 5.41) is 10.6. The van der Waals surface area contributed by atoms with Gasteiger partial charge in [-0.3, -0.25) is 9.59 Å². The maximum atomic E-state index is 11.6. The summed E-state index contributed by atoms with van der Waals surface area (Å²) in [6, 6.07) is 3.92. The molecule has 0 aliphatic carbocycles. The highest BCUT2D eigenvalue weighted by Gasteiger charge is 2.35. The Morgan fingerprint density at radius 3 is 2.88 bits per heavy atom. The smallest absolute Gasteiger partial charge is 0.310 e. The fraction of sp³-hybridized carbons (Fsp3) is 0.400. The maximum Gasteiger partial charge on any atom is 0.310 e. The molecule has 6 heteroatoms. The van der Waals surface area contributed by atoms with E-state index in [0.717, 1.165) is 4.21 Å². The van der Waals surface area contributed by atoms with Gasteiger partial charge in [-0.25, -0.2) is 0 Å². The van der Waals surface area contributed by atoms with Crippen molar-refractivity contribution in [2.45, 2.75) is 4.21 Å². The van der Waals surface area contributed by atoms with Gasteiger partial charge in [0.05, 0.1) is 15.9 Å². The molecule has 0 unspecified atom stereocenters. The SMILES string of the molecule is O=C(O)C1CN(C(=O)CSc2cccs2)C1. The summed E-state index contributed by atoms with van der Waals surface area (Å²) in [4.78, 5) is 23.8. The quantitative estimate of drug-likeness (QED) is 0.828. The number of carbonyl (C=O) groups is 2. The van der Waals surface area contributed by atoms with Crippen LogP contribution in [0.3, 0.4) is 0 Å². The molecule has 2 rings (SSSR count). The first-order valence-electron chi connectivity index (χ1n) is 4.83. The minimum absolute atomic E-state index is 0.0240. The second-order valence-electron chi connectivity index (χ2n) is 3.55. The number of hydrogen-bond acceptors (Lipinski definition) is 4. The summed E-state index contributed by atoms with van der Waals surface area (Å²) in [7, 11) is 0. The van der Waals surface area contributed by atoms with Crippen molar-refractivity contribution in [1.82, 2.24) is 4.90 Å². The van der Waals surface area contributed by atoms with E-state index in [9.17, 15) is 9.59 Å². The molecule has 2 heterocycles. The summed E-state index contributed by atoms with van der Waals surface area (Å²) in [5.41, 5.74) is 0. The minimum atomic E-state index is -0.810. The number of amides is 1. The average molecular weight is 257 g/mol. The van der Waals surface area contributed by atoms with Gasteiger partial charge in [-0.05, 0) is 11.4 Å². The molecule has 1 aliphatic heterocycles. The molecule has 1 aliphatic rings. The Morgan fingerprint density at radius 1 is 1.56 bits per heavy atom. The maximum absolute atomic E-state index is 11.6. The van der Waals surface area contributed by atoms with Crippen molar-refractivity contribution in [1.29, 1.82) is 0 Å². The molecule has 0 saturated carbocycles. The lowest BCUT2D eigenvalue weighted by Gasteiger charge is -2.36. The van der Waals surface area contributed by atoms with Crippen LogP contribution in [0.15, 0.2) is 21.7 Å². The molecule has 16 heavy (non-hydrogen) atoms. The molecule has 1 fully saturated rings. The third-order valence-corrected chi connectivity index (χ3v) is 4.53. The fourth-order valence-corrected chi connectivity index (χ4v) is 3.10. The lowest BCUT2D eigenvalue weighted by atomic mass is 10.0. The molecular formula is C10H11NO3S2. The van der Waals surface area contributed by atoms with Crippen LogP contribution in [0.1, 0.15) is 0 Å². The molecule has 86 valence electrons. The van der Waals surface area contributed by atoms with Crippen molar-refractivity contribution in [2.75, 3.05) is 18.8 Å². The number of nitrogens with zero attached hydrogens (tertiary/aromatic N) is 1. The second kappa shape index (κ2) is 4.88. The zero-order chi connectivity index (χ0) is 11.5. The van der Waals surface area contributed by atoms with E-state index in [1.807, 2.05) is 17.5 Å². The number of carbonyl (C=O) groups excluding carboxylic acids is 1. The molecule has 1 amide bonds. The summed E-state index contributed by atoms with van der Waals surface area (Å²) >= 11 is 3.11. The molecule has 1 aromatic heterocycles. The zero-order valence-electron chi connectivity index (χ0n) is 8.46. The molecule has 0 radical (unpaired) electrons. The van der Waals surface area contributed by atoms with Crippen molar-refractivity contribution in [3.05, 3.63) is 17.5 Å². The third-order valence-electron chi connectivity index (χ3n) is 2.42. The van der Waals surface area contributed by atoms with Gasteiger partial charge in [0.25, 0.3) is 0 Å². The highest BCUT2D eigenvalue weighted by Crippen LogP contribution is 2.25. The van der Waals surface area contributed by atoms with Crippen LogP contribution < -0.4 is 0 Å². The van der Waals surface area contributed by atoms with Gasteiger partial charge in [-0.1, -0.05) is 6.07 Å². The lowest BCUT2D eigenvalue weighted by molar-refractivity contribution is -0.151. The monoisotopic (exact) mass is 257 g/mol. The van der Waals surface area contributed by atoms with Crippen LogP contribution in [0, 0.1) is 5.92 Å². The molecule has 4 nitrogen and oxygen atoms in total. The minimum Gasteiger partial charge on any atom is -0.481 e. The van der Waals surface area contributed by atoms with E-state index in [-0.39, 0.29) is 11.8 Å². The molecule has 1 saturated heterocycles. The van der Waals surface area contributed by atoms with Gasteiger partial charge in [0, 0.05) is 13.1 Å². The van der Waals surface area contributed by atoms with E-state index < -0.39 is 5.97 Å². The van der Waals surface area contributed by atoms with Crippen LogP contribution in [0.4, 0.5) is 0 Å². The van der Waals surface area contributed by atoms with E-state index >= 15 is 0 Å². The second-order valence-corrected chi connectivity index (χ2v) is 5.78. The molecule has 1 N–H and O–H groups in total. The summed E-state index contributed by atoms with van der Waals surface area (Å²) in [6.07, 6.45) is 0. The van der Waals surface area contributed by atoms with Crippen LogP contribution >= 0.6 is 23.1 Å². The Balaban J connectivity index is 1.72. The van der Waals surface area contributed by atoms with E-state index in [4.69, 9.17) is 5.11 Å². The number of thioether (sulfide) groups is 1. The molecule has 0 spiro atoms. The Kier molecular flexibility index (Phi) is 3.50. The Bertz CT molecular complexity index is 385. The molecule has 0 atom stereocenters. The Hall–Kier alpha value is -1.01. The van der Waals surface area contributed by atoms with Gasteiger partial charge in [0.15, 0.2) is 0 Å². The van der Waals surface area contributed by atoms with E-state index in [2.05, 4.69) is 0 Å². The predicted octanol–water partition coefficient (Wildman–Crippen LogP) is 1.38. The topological polar surface area (TPSA) is 57.6 Å². The van der Waals surface area contributed by atoms with Crippen molar-refractivity contribution < 1.29 is 14.7 Å². The van der Waals surface area contributed by atoms with Crippen LogP contribution in [0.25, 0.3) is 0 Å². The first-order valence-corrected chi connectivity index (χ1v) is 6.70. The van der Waals surface area contributed by atoms with E-state index in [1.54, 1.807) is 16.2 Å². The predicted molar refractivity (Wildman–Crippen MR) is 62.7 cm³/mol. The van der Waals surface area contributed by atoms with Gasteiger partial charge < -0.3 is 10.0 Å². The Labute approximate surface area is 101 Å². The number of carboxylic acids is 1. The highest BCUT2D eigenvalue weighted by atomic mass is 32.2. The molecule has 1 aromatic rings. The average Bonchev–Trinajstić information content (AvgIpc) is 2.63. The normalized spacial score (nSPS) is 15.9. The van der Waals surface area contributed by atoms with Crippen LogP contribution in [-0.4, -0.2) is 40.7 Å². The first-order chi connectivity index (χ1) is 7.66. The van der Waals surface area contributed by atoms with Crippen molar-refractivity contribution >= 4 is 35.0 Å². The summed E-state index contributed by atoms with van der Waals surface area (Å²) < 4.78 is 1.11. The lowest BCUT2D eigenvalue weighted by Crippen LogP contribution is -2.53. The van der Waals surface area contributed by atoms with Crippen LogP contribution in [0.2, 0.25) is 0 Å². The van der Waals surface area contributed by atoms with Crippen molar-refractivity contribution in [3.63, 3.8) is 0 Å². The number of aliphatic carboxylic acids is 1. The molecule has 0 aromatic carbocycles. The largest absolute Gasteiger partial charge is 0.481 e. The number of thiophene rings is 1. The number of rotatable bonds is 4.